The van der Waals surface area contributed by atoms with Crippen LogP contribution < -0.4 is 5.32 Å². The molecular formula is C22H19N5S. The molecule has 5 rings (SSSR count). The van der Waals surface area contributed by atoms with Crippen LogP contribution in [0.3, 0.4) is 0 Å². The van der Waals surface area contributed by atoms with Gasteiger partial charge < -0.3 is 5.32 Å². The standard InChI is InChI=1S/C22H19N5S/c1-2-6-16(7-3-1)26-27-17-12-10-15(11-13-17)25-21-20-18-8-4-5-9-19(18)28-22(20)24-14-23-21/h1-3,6-7,10-14H,4-5,8-9H2,(H,23,24,25). The minimum atomic E-state index is 0.815. The summed E-state index contributed by atoms with van der Waals surface area (Å²) in [7, 11) is 0. The second-order valence-electron chi connectivity index (χ2n) is 6.82. The van der Waals surface area contributed by atoms with Crippen LogP contribution in [0.5, 0.6) is 0 Å². The van der Waals surface area contributed by atoms with Crippen molar-refractivity contribution in [3.63, 3.8) is 0 Å². The number of fused-ring (bicyclic) bond motifs is 3. The van der Waals surface area contributed by atoms with Crippen LogP contribution >= 0.6 is 11.3 Å². The first kappa shape index (κ1) is 17.0. The number of hydrogen-bond acceptors (Lipinski definition) is 6. The van der Waals surface area contributed by atoms with Crippen LogP contribution in [-0.4, -0.2) is 9.97 Å². The van der Waals surface area contributed by atoms with Crippen LogP contribution in [-0.2, 0) is 12.8 Å². The lowest BCUT2D eigenvalue weighted by Gasteiger charge is -2.12. The Hall–Kier alpha value is -3.12. The van der Waals surface area contributed by atoms with Crippen LogP contribution in [0, 0.1) is 0 Å². The van der Waals surface area contributed by atoms with Gasteiger partial charge in [0.1, 0.15) is 17.0 Å². The Labute approximate surface area is 167 Å². The molecular weight excluding hydrogens is 366 g/mol. The number of nitrogens with one attached hydrogen (secondary N) is 1. The third-order valence-electron chi connectivity index (χ3n) is 4.92. The smallest absolute Gasteiger partial charge is 0.142 e. The molecule has 6 heteroatoms. The molecule has 5 nitrogen and oxygen atoms in total. The highest BCUT2D eigenvalue weighted by atomic mass is 32.1. The Bertz CT molecular complexity index is 1130. The molecule has 0 aliphatic heterocycles. The maximum Gasteiger partial charge on any atom is 0.142 e. The maximum atomic E-state index is 4.52. The fourth-order valence-corrected chi connectivity index (χ4v) is 4.77. The first-order valence-corrected chi connectivity index (χ1v) is 10.3. The highest BCUT2D eigenvalue weighted by Crippen LogP contribution is 2.38. The molecule has 1 aliphatic rings. The predicted molar refractivity (Wildman–Crippen MR) is 114 cm³/mol. The van der Waals surface area contributed by atoms with Crippen LogP contribution in [0.1, 0.15) is 23.3 Å². The fourth-order valence-electron chi connectivity index (χ4n) is 3.54. The summed E-state index contributed by atoms with van der Waals surface area (Å²) in [5, 5.41) is 13.2. The fraction of sp³-hybridized carbons (Fsp3) is 0.182. The lowest BCUT2D eigenvalue weighted by molar-refractivity contribution is 0.700. The summed E-state index contributed by atoms with van der Waals surface area (Å²) in [5.74, 6) is 0.892. The van der Waals surface area contributed by atoms with Crippen LogP contribution in [0.25, 0.3) is 10.2 Å². The lowest BCUT2D eigenvalue weighted by Crippen LogP contribution is -2.00. The van der Waals surface area contributed by atoms with Crippen LogP contribution in [0.4, 0.5) is 22.9 Å². The summed E-state index contributed by atoms with van der Waals surface area (Å²) in [6, 6.07) is 17.7. The topological polar surface area (TPSA) is 62.5 Å². The number of azo groups is 1. The molecule has 0 spiro atoms. The van der Waals surface area contributed by atoms with Gasteiger partial charge in [0, 0.05) is 10.6 Å². The van der Waals surface area contributed by atoms with Crippen molar-refractivity contribution in [1.29, 1.82) is 0 Å². The van der Waals surface area contributed by atoms with Gasteiger partial charge in [-0.25, -0.2) is 9.97 Å². The van der Waals surface area contributed by atoms with E-state index in [4.69, 9.17) is 0 Å². The molecule has 0 fully saturated rings. The molecule has 2 aromatic heterocycles. The molecule has 28 heavy (non-hydrogen) atoms. The summed E-state index contributed by atoms with van der Waals surface area (Å²) in [6.07, 6.45) is 6.45. The molecule has 0 saturated carbocycles. The molecule has 0 amide bonds. The number of thiophene rings is 1. The molecule has 0 bridgehead atoms. The van der Waals surface area contributed by atoms with Gasteiger partial charge in [0.15, 0.2) is 0 Å². The highest BCUT2D eigenvalue weighted by molar-refractivity contribution is 7.19. The van der Waals surface area contributed by atoms with Crippen molar-refractivity contribution in [1.82, 2.24) is 9.97 Å². The van der Waals surface area contributed by atoms with E-state index in [1.807, 2.05) is 65.9 Å². The third-order valence-corrected chi connectivity index (χ3v) is 6.12. The zero-order valence-electron chi connectivity index (χ0n) is 15.3. The van der Waals surface area contributed by atoms with Crippen molar-refractivity contribution in [2.75, 3.05) is 5.32 Å². The summed E-state index contributed by atoms with van der Waals surface area (Å²) in [4.78, 5) is 11.6. The molecule has 138 valence electrons. The van der Waals surface area contributed by atoms with Gasteiger partial charge in [-0.3, -0.25) is 0 Å². The van der Waals surface area contributed by atoms with Crippen LogP contribution in [0.2, 0.25) is 0 Å². The minimum absolute atomic E-state index is 0.815. The zero-order valence-corrected chi connectivity index (χ0v) is 16.1. The monoisotopic (exact) mass is 385 g/mol. The molecule has 4 aromatic rings. The maximum absolute atomic E-state index is 4.52. The largest absolute Gasteiger partial charge is 0.340 e. The Balaban J connectivity index is 1.39. The van der Waals surface area contributed by atoms with Crippen molar-refractivity contribution in [2.45, 2.75) is 25.7 Å². The Morgan fingerprint density at radius 3 is 2.39 bits per heavy atom. The second kappa shape index (κ2) is 7.48. The van der Waals surface area contributed by atoms with Gasteiger partial charge in [0.2, 0.25) is 0 Å². The Morgan fingerprint density at radius 2 is 1.57 bits per heavy atom. The number of rotatable bonds is 4. The first-order valence-electron chi connectivity index (χ1n) is 9.46. The summed E-state index contributed by atoms with van der Waals surface area (Å²) >= 11 is 1.81. The Morgan fingerprint density at radius 1 is 0.821 bits per heavy atom. The zero-order chi connectivity index (χ0) is 18.8. The normalized spacial score (nSPS) is 13.7. The average molecular weight is 385 g/mol. The van der Waals surface area contributed by atoms with E-state index < -0.39 is 0 Å². The van der Waals surface area contributed by atoms with E-state index in [1.54, 1.807) is 6.33 Å². The van der Waals surface area contributed by atoms with Gasteiger partial charge in [-0.05, 0) is 67.6 Å². The molecule has 2 aromatic carbocycles. The quantitative estimate of drug-likeness (QED) is 0.396. The van der Waals surface area contributed by atoms with E-state index in [9.17, 15) is 0 Å². The van der Waals surface area contributed by atoms with Gasteiger partial charge >= 0.3 is 0 Å². The third kappa shape index (κ3) is 3.39. The van der Waals surface area contributed by atoms with E-state index in [0.29, 0.717) is 0 Å². The number of hydrogen-bond donors (Lipinski definition) is 1. The molecule has 0 radical (unpaired) electrons. The first-order chi connectivity index (χ1) is 13.9. The summed E-state index contributed by atoms with van der Waals surface area (Å²) in [6.45, 7) is 0. The summed E-state index contributed by atoms with van der Waals surface area (Å²) < 4.78 is 0. The highest BCUT2D eigenvalue weighted by Gasteiger charge is 2.19. The van der Waals surface area contributed by atoms with Crippen LogP contribution in [0.15, 0.2) is 71.2 Å². The molecule has 1 aliphatic carbocycles. The van der Waals surface area contributed by atoms with E-state index in [2.05, 4.69) is 25.5 Å². The number of aryl methyl sites for hydroxylation is 2. The van der Waals surface area contributed by atoms with Crippen molar-refractivity contribution in [3.05, 3.63) is 71.4 Å². The SMILES string of the molecule is c1ccc(N=Nc2ccc(Nc3ncnc4sc5c(c34)CCCC5)cc2)cc1. The number of benzene rings is 2. The van der Waals surface area contributed by atoms with Gasteiger partial charge in [0.05, 0.1) is 16.8 Å². The summed E-state index contributed by atoms with van der Waals surface area (Å²) in [5.41, 5.74) is 4.07. The molecule has 0 unspecified atom stereocenters. The average Bonchev–Trinajstić information content (AvgIpc) is 3.14. The van der Waals surface area contributed by atoms with E-state index in [0.717, 1.165) is 40.6 Å². The van der Waals surface area contributed by atoms with Crippen molar-refractivity contribution < 1.29 is 0 Å². The molecule has 0 atom stereocenters. The van der Waals surface area contributed by atoms with Crippen molar-refractivity contribution >= 4 is 44.4 Å². The Kier molecular flexibility index (Phi) is 4.54. The molecule has 1 N–H and O–H groups in total. The molecule has 0 saturated heterocycles. The van der Waals surface area contributed by atoms with Gasteiger partial charge in [-0.2, -0.15) is 10.2 Å². The van der Waals surface area contributed by atoms with Crippen molar-refractivity contribution in [2.24, 2.45) is 10.2 Å². The second-order valence-corrected chi connectivity index (χ2v) is 7.90. The number of aromatic nitrogens is 2. The predicted octanol–water partition coefficient (Wildman–Crippen LogP) is 6.73. The van der Waals surface area contributed by atoms with Gasteiger partial charge in [-0.15, -0.1) is 11.3 Å². The van der Waals surface area contributed by atoms with Crippen molar-refractivity contribution in [3.8, 4) is 0 Å². The van der Waals surface area contributed by atoms with E-state index in [1.165, 1.54) is 28.7 Å². The van der Waals surface area contributed by atoms with Gasteiger partial charge in [0.25, 0.3) is 0 Å². The molecule has 2 heterocycles. The van der Waals surface area contributed by atoms with Gasteiger partial charge in [-0.1, -0.05) is 18.2 Å². The number of nitrogens with zero attached hydrogens (tertiary/aromatic N) is 4. The van der Waals surface area contributed by atoms with E-state index >= 15 is 0 Å². The minimum Gasteiger partial charge on any atom is -0.340 e. The number of anilines is 2. The lowest BCUT2D eigenvalue weighted by atomic mass is 9.97. The van der Waals surface area contributed by atoms with E-state index in [-0.39, 0.29) is 0 Å².